The summed E-state index contributed by atoms with van der Waals surface area (Å²) in [5.74, 6) is 0.764. The van der Waals surface area contributed by atoms with Crippen molar-refractivity contribution < 1.29 is 9.47 Å². The predicted octanol–water partition coefficient (Wildman–Crippen LogP) is 4.89. The Kier molecular flexibility index (Phi) is 4.79. The molecule has 0 saturated carbocycles. The Labute approximate surface area is 140 Å². The van der Waals surface area contributed by atoms with Gasteiger partial charge in [-0.1, -0.05) is 35.9 Å². The number of nitrogens with zero attached hydrogens (tertiary/aromatic N) is 1. The van der Waals surface area contributed by atoms with Crippen molar-refractivity contribution in [2.24, 2.45) is 0 Å². The zero-order valence-corrected chi connectivity index (χ0v) is 13.9. The van der Waals surface area contributed by atoms with Gasteiger partial charge in [0.05, 0.1) is 6.61 Å². The van der Waals surface area contributed by atoms with Gasteiger partial charge in [-0.3, -0.25) is 0 Å². The number of halogens is 1. The maximum absolute atomic E-state index is 6.30. The van der Waals surface area contributed by atoms with Crippen LogP contribution in [0, 0.1) is 6.92 Å². The second-order valence-corrected chi connectivity index (χ2v) is 5.68. The van der Waals surface area contributed by atoms with Crippen LogP contribution in [-0.4, -0.2) is 25.3 Å². The van der Waals surface area contributed by atoms with E-state index in [4.69, 9.17) is 21.1 Å². The molecule has 0 fully saturated rings. The fourth-order valence-corrected chi connectivity index (χ4v) is 2.82. The molecular formula is C19H18ClNO2. The van der Waals surface area contributed by atoms with Crippen LogP contribution in [0.2, 0.25) is 5.15 Å². The molecule has 4 heteroatoms. The standard InChI is InChI=1S/C19H18ClNO2/c1-13-5-3-4-6-15(13)18-12-21-19(20)17-11-14(7-8-16(17)18)23-10-9-22-2/h3-8,11-12H,9-10H2,1-2H3. The van der Waals surface area contributed by atoms with Gasteiger partial charge in [0.15, 0.2) is 0 Å². The predicted molar refractivity (Wildman–Crippen MR) is 94.3 cm³/mol. The molecule has 0 saturated heterocycles. The highest BCUT2D eigenvalue weighted by atomic mass is 35.5. The second-order valence-electron chi connectivity index (χ2n) is 5.33. The topological polar surface area (TPSA) is 31.4 Å². The van der Waals surface area contributed by atoms with Gasteiger partial charge in [-0.15, -0.1) is 0 Å². The van der Waals surface area contributed by atoms with Gasteiger partial charge in [-0.25, -0.2) is 4.98 Å². The summed E-state index contributed by atoms with van der Waals surface area (Å²) in [7, 11) is 1.65. The summed E-state index contributed by atoms with van der Waals surface area (Å²) < 4.78 is 10.7. The Hall–Kier alpha value is -2.10. The summed E-state index contributed by atoms with van der Waals surface area (Å²) in [5, 5.41) is 2.44. The van der Waals surface area contributed by atoms with Crippen molar-refractivity contribution in [3.63, 3.8) is 0 Å². The van der Waals surface area contributed by atoms with Crippen LogP contribution in [0.3, 0.4) is 0 Å². The summed E-state index contributed by atoms with van der Waals surface area (Å²) in [5.41, 5.74) is 3.44. The van der Waals surface area contributed by atoms with E-state index in [0.717, 1.165) is 27.6 Å². The molecule has 3 aromatic rings. The zero-order chi connectivity index (χ0) is 16.2. The van der Waals surface area contributed by atoms with E-state index in [1.165, 1.54) is 5.56 Å². The molecule has 118 valence electrons. The molecule has 3 nitrogen and oxygen atoms in total. The third kappa shape index (κ3) is 3.31. The Morgan fingerprint density at radius 1 is 1.00 bits per heavy atom. The normalized spacial score (nSPS) is 10.9. The molecule has 0 radical (unpaired) electrons. The number of aromatic nitrogens is 1. The van der Waals surface area contributed by atoms with Crippen LogP contribution >= 0.6 is 11.6 Å². The van der Waals surface area contributed by atoms with Crippen LogP contribution in [0.25, 0.3) is 21.9 Å². The second kappa shape index (κ2) is 6.99. The SMILES string of the molecule is COCCOc1ccc2c(-c3ccccc3C)cnc(Cl)c2c1. The van der Waals surface area contributed by atoms with E-state index in [-0.39, 0.29) is 0 Å². The van der Waals surface area contributed by atoms with Crippen molar-refractivity contribution >= 4 is 22.4 Å². The van der Waals surface area contributed by atoms with E-state index in [0.29, 0.717) is 18.4 Å². The number of rotatable bonds is 5. The molecule has 0 unspecified atom stereocenters. The molecule has 1 heterocycles. The lowest BCUT2D eigenvalue weighted by atomic mass is 9.97. The first-order chi connectivity index (χ1) is 11.2. The molecule has 23 heavy (non-hydrogen) atoms. The highest BCUT2D eigenvalue weighted by molar-refractivity contribution is 6.34. The number of fused-ring (bicyclic) bond motifs is 1. The van der Waals surface area contributed by atoms with Gasteiger partial charge < -0.3 is 9.47 Å². The number of pyridine rings is 1. The van der Waals surface area contributed by atoms with Crippen LogP contribution in [0.5, 0.6) is 5.75 Å². The average molecular weight is 328 g/mol. The summed E-state index contributed by atoms with van der Waals surface area (Å²) >= 11 is 6.30. The highest BCUT2D eigenvalue weighted by Crippen LogP contribution is 2.34. The Morgan fingerprint density at radius 2 is 1.83 bits per heavy atom. The highest BCUT2D eigenvalue weighted by Gasteiger charge is 2.11. The lowest BCUT2D eigenvalue weighted by Crippen LogP contribution is -2.04. The quantitative estimate of drug-likeness (QED) is 0.494. The van der Waals surface area contributed by atoms with Gasteiger partial charge >= 0.3 is 0 Å². The van der Waals surface area contributed by atoms with E-state index in [2.05, 4.69) is 24.0 Å². The van der Waals surface area contributed by atoms with Crippen molar-refractivity contribution in [2.75, 3.05) is 20.3 Å². The lowest BCUT2D eigenvalue weighted by Gasteiger charge is -2.12. The van der Waals surface area contributed by atoms with Crippen molar-refractivity contribution in [1.29, 1.82) is 0 Å². The third-order valence-electron chi connectivity index (χ3n) is 3.80. The smallest absolute Gasteiger partial charge is 0.137 e. The van der Waals surface area contributed by atoms with Crippen molar-refractivity contribution in [2.45, 2.75) is 6.92 Å². The minimum Gasteiger partial charge on any atom is -0.491 e. The first-order valence-electron chi connectivity index (χ1n) is 7.46. The summed E-state index contributed by atoms with van der Waals surface area (Å²) in [6, 6.07) is 14.2. The number of methoxy groups -OCH3 is 1. The van der Waals surface area contributed by atoms with Gasteiger partial charge in [0.1, 0.15) is 17.5 Å². The Morgan fingerprint density at radius 3 is 2.61 bits per heavy atom. The van der Waals surface area contributed by atoms with Gasteiger partial charge in [0.2, 0.25) is 0 Å². The number of hydrogen-bond acceptors (Lipinski definition) is 3. The van der Waals surface area contributed by atoms with Crippen LogP contribution in [0.15, 0.2) is 48.7 Å². The summed E-state index contributed by atoms with van der Waals surface area (Å²) in [4.78, 5) is 4.35. The van der Waals surface area contributed by atoms with Crippen LogP contribution in [0.4, 0.5) is 0 Å². The van der Waals surface area contributed by atoms with E-state index in [1.807, 2.05) is 36.5 Å². The fourth-order valence-electron chi connectivity index (χ4n) is 2.61. The molecule has 1 aromatic heterocycles. The van der Waals surface area contributed by atoms with E-state index in [1.54, 1.807) is 7.11 Å². The molecule has 0 spiro atoms. The number of ether oxygens (including phenoxy) is 2. The maximum Gasteiger partial charge on any atom is 0.137 e. The zero-order valence-electron chi connectivity index (χ0n) is 13.2. The van der Waals surface area contributed by atoms with Crippen molar-refractivity contribution in [3.05, 3.63) is 59.4 Å². The molecule has 3 rings (SSSR count). The molecular weight excluding hydrogens is 310 g/mol. The van der Waals surface area contributed by atoms with Gasteiger partial charge in [-0.05, 0) is 41.6 Å². The fraction of sp³-hybridized carbons (Fsp3) is 0.211. The van der Waals surface area contributed by atoms with E-state index < -0.39 is 0 Å². The largest absolute Gasteiger partial charge is 0.491 e. The molecule has 0 bridgehead atoms. The number of hydrogen-bond donors (Lipinski definition) is 0. The van der Waals surface area contributed by atoms with Gasteiger partial charge in [-0.2, -0.15) is 0 Å². The molecule has 0 aliphatic rings. The average Bonchev–Trinajstić information content (AvgIpc) is 2.57. The van der Waals surface area contributed by atoms with Gasteiger partial charge in [0.25, 0.3) is 0 Å². The summed E-state index contributed by atoms with van der Waals surface area (Å²) in [6.07, 6.45) is 1.83. The minimum atomic E-state index is 0.481. The van der Waals surface area contributed by atoms with Crippen LogP contribution in [0.1, 0.15) is 5.56 Å². The minimum absolute atomic E-state index is 0.481. The molecule has 0 aliphatic carbocycles. The van der Waals surface area contributed by atoms with E-state index >= 15 is 0 Å². The molecule has 0 amide bonds. The maximum atomic E-state index is 6.30. The Balaban J connectivity index is 2.08. The molecule has 0 aliphatic heterocycles. The van der Waals surface area contributed by atoms with Crippen molar-refractivity contribution in [3.8, 4) is 16.9 Å². The molecule has 0 N–H and O–H groups in total. The van der Waals surface area contributed by atoms with Gasteiger partial charge in [0, 0.05) is 24.3 Å². The van der Waals surface area contributed by atoms with Crippen LogP contribution in [-0.2, 0) is 4.74 Å². The van der Waals surface area contributed by atoms with Crippen molar-refractivity contribution in [1.82, 2.24) is 4.98 Å². The number of benzene rings is 2. The molecule has 0 atom stereocenters. The molecule has 2 aromatic carbocycles. The monoisotopic (exact) mass is 327 g/mol. The lowest BCUT2D eigenvalue weighted by molar-refractivity contribution is 0.146. The Bertz CT molecular complexity index is 833. The van der Waals surface area contributed by atoms with E-state index in [9.17, 15) is 0 Å². The number of aryl methyl sites for hydroxylation is 1. The van der Waals surface area contributed by atoms with Crippen LogP contribution < -0.4 is 4.74 Å². The summed E-state index contributed by atoms with van der Waals surface area (Å²) in [6.45, 7) is 3.15. The first kappa shape index (κ1) is 15.8. The first-order valence-corrected chi connectivity index (χ1v) is 7.84. The third-order valence-corrected chi connectivity index (χ3v) is 4.10.